The molecule has 0 radical (unpaired) electrons. The molecule has 6 nitrogen and oxygen atoms in total. The molecule has 0 amide bonds. The van der Waals surface area contributed by atoms with Crippen molar-refractivity contribution in [2.45, 2.75) is 26.2 Å². The number of allylic oxidation sites excluding steroid dienone is 2. The number of hydrogen-bond donors (Lipinski definition) is 2. The van der Waals surface area contributed by atoms with E-state index in [2.05, 4.69) is 64.7 Å². The van der Waals surface area contributed by atoms with E-state index in [1.54, 1.807) is 7.11 Å². The van der Waals surface area contributed by atoms with E-state index in [-0.39, 0.29) is 5.92 Å². The molecule has 2 N–H and O–H groups in total. The molecule has 1 atom stereocenters. The molecule has 1 saturated heterocycles. The summed E-state index contributed by atoms with van der Waals surface area (Å²) in [6.07, 6.45) is 4.91. The zero-order chi connectivity index (χ0) is 19.5. The van der Waals surface area contributed by atoms with Crippen LogP contribution in [0, 0.1) is 5.92 Å². The zero-order valence-corrected chi connectivity index (χ0v) is 16.9. The Kier molecular flexibility index (Phi) is 5.48. The molecule has 1 aromatic heterocycles. The highest BCUT2D eigenvalue weighted by Gasteiger charge is 2.29. The van der Waals surface area contributed by atoms with E-state index in [1.807, 2.05) is 6.20 Å². The van der Waals surface area contributed by atoms with Crippen LogP contribution in [0.25, 0.3) is 0 Å². The van der Waals surface area contributed by atoms with Crippen molar-refractivity contribution in [1.82, 2.24) is 15.3 Å². The smallest absolute Gasteiger partial charge is 0.227 e. The highest BCUT2D eigenvalue weighted by atomic mass is 16.5. The molecule has 4 rings (SSSR count). The maximum absolute atomic E-state index is 5.62. The minimum atomic E-state index is 0.174. The monoisotopic (exact) mass is 379 g/mol. The van der Waals surface area contributed by atoms with Crippen molar-refractivity contribution < 1.29 is 4.74 Å². The minimum Gasteiger partial charge on any atom is -0.501 e. The number of piperazine rings is 1. The Hall–Kier alpha value is -2.60. The van der Waals surface area contributed by atoms with Crippen molar-refractivity contribution in [3.8, 4) is 0 Å². The van der Waals surface area contributed by atoms with Gasteiger partial charge in [-0.05, 0) is 48.2 Å². The average molecular weight is 380 g/mol. The Labute approximate surface area is 167 Å². The molecule has 2 aromatic rings. The topological polar surface area (TPSA) is 62.3 Å². The van der Waals surface area contributed by atoms with E-state index in [0.29, 0.717) is 11.9 Å². The standard InChI is InChI=1S/C22H29N5O/c1-15(2)20-19(28-3)9-4-16-14-24-22(26-21(16)20)25-17-5-7-18(8-6-17)27-12-10-23-11-13-27/h5-9,14-15,20,23H,4,10-13H2,1-3H3,(H,24,25,26). The molecule has 0 saturated carbocycles. The van der Waals surface area contributed by atoms with Gasteiger partial charge in [-0.3, -0.25) is 0 Å². The van der Waals surface area contributed by atoms with E-state index < -0.39 is 0 Å². The predicted octanol–water partition coefficient (Wildman–Crippen LogP) is 3.46. The molecule has 1 aliphatic carbocycles. The first-order valence-electron chi connectivity index (χ1n) is 10.1. The lowest BCUT2D eigenvalue weighted by atomic mass is 9.83. The first kappa shape index (κ1) is 18.7. The van der Waals surface area contributed by atoms with Gasteiger partial charge in [-0.2, -0.15) is 0 Å². The fourth-order valence-corrected chi connectivity index (χ4v) is 4.04. The van der Waals surface area contributed by atoms with E-state index >= 15 is 0 Å². The summed E-state index contributed by atoms with van der Waals surface area (Å²) >= 11 is 0. The second kappa shape index (κ2) is 8.19. The summed E-state index contributed by atoms with van der Waals surface area (Å²) in [5, 5.41) is 6.75. The van der Waals surface area contributed by atoms with Gasteiger partial charge < -0.3 is 20.3 Å². The summed E-state index contributed by atoms with van der Waals surface area (Å²) in [6.45, 7) is 8.59. The summed E-state index contributed by atoms with van der Waals surface area (Å²) in [5.41, 5.74) is 4.51. The van der Waals surface area contributed by atoms with Crippen molar-refractivity contribution in [2.24, 2.45) is 5.92 Å². The number of nitrogens with one attached hydrogen (secondary N) is 2. The Balaban J connectivity index is 1.52. The lowest BCUT2D eigenvalue weighted by Crippen LogP contribution is -2.43. The summed E-state index contributed by atoms with van der Waals surface area (Å²) in [4.78, 5) is 11.8. The van der Waals surface area contributed by atoms with Gasteiger partial charge in [0.15, 0.2) is 0 Å². The van der Waals surface area contributed by atoms with Crippen molar-refractivity contribution in [3.63, 3.8) is 0 Å². The molecule has 0 spiro atoms. The number of rotatable bonds is 5. The Morgan fingerprint density at radius 2 is 1.93 bits per heavy atom. The number of ether oxygens (including phenoxy) is 1. The molecule has 148 valence electrons. The maximum Gasteiger partial charge on any atom is 0.227 e. The fraction of sp³-hybridized carbons (Fsp3) is 0.455. The van der Waals surface area contributed by atoms with Gasteiger partial charge in [0.05, 0.1) is 18.7 Å². The van der Waals surface area contributed by atoms with Gasteiger partial charge in [-0.15, -0.1) is 0 Å². The highest BCUT2D eigenvalue weighted by molar-refractivity contribution is 5.59. The second-order valence-electron chi connectivity index (χ2n) is 7.75. The van der Waals surface area contributed by atoms with Crippen LogP contribution in [0.4, 0.5) is 17.3 Å². The van der Waals surface area contributed by atoms with Crippen LogP contribution in [0.3, 0.4) is 0 Å². The molecule has 28 heavy (non-hydrogen) atoms. The van der Waals surface area contributed by atoms with Crippen LogP contribution in [-0.4, -0.2) is 43.3 Å². The van der Waals surface area contributed by atoms with E-state index in [0.717, 1.165) is 49.7 Å². The van der Waals surface area contributed by atoms with Gasteiger partial charge in [0.1, 0.15) is 5.76 Å². The quantitative estimate of drug-likeness (QED) is 0.830. The number of aromatic nitrogens is 2. The molecule has 1 aliphatic heterocycles. The van der Waals surface area contributed by atoms with Crippen molar-refractivity contribution in [1.29, 1.82) is 0 Å². The van der Waals surface area contributed by atoms with Gasteiger partial charge in [0.25, 0.3) is 0 Å². The largest absolute Gasteiger partial charge is 0.501 e. The lowest BCUT2D eigenvalue weighted by molar-refractivity contribution is 0.240. The van der Waals surface area contributed by atoms with Gasteiger partial charge in [0.2, 0.25) is 5.95 Å². The van der Waals surface area contributed by atoms with Crippen LogP contribution in [-0.2, 0) is 11.2 Å². The van der Waals surface area contributed by atoms with Crippen LogP contribution in [0.1, 0.15) is 31.0 Å². The molecular formula is C22H29N5O. The van der Waals surface area contributed by atoms with Crippen LogP contribution in [0.5, 0.6) is 0 Å². The summed E-state index contributed by atoms with van der Waals surface area (Å²) in [6, 6.07) is 8.52. The molecule has 2 heterocycles. The SMILES string of the molecule is COC1=CCc2cnc(Nc3ccc(N4CCNCC4)cc3)nc2C1C(C)C. The number of benzene rings is 1. The summed E-state index contributed by atoms with van der Waals surface area (Å²) in [5.74, 6) is 2.22. The average Bonchev–Trinajstić information content (AvgIpc) is 2.73. The van der Waals surface area contributed by atoms with Gasteiger partial charge >= 0.3 is 0 Å². The second-order valence-corrected chi connectivity index (χ2v) is 7.75. The Morgan fingerprint density at radius 3 is 2.61 bits per heavy atom. The Morgan fingerprint density at radius 1 is 1.18 bits per heavy atom. The first-order chi connectivity index (χ1) is 13.7. The first-order valence-corrected chi connectivity index (χ1v) is 10.1. The molecular weight excluding hydrogens is 350 g/mol. The van der Waals surface area contributed by atoms with E-state index in [4.69, 9.17) is 9.72 Å². The van der Waals surface area contributed by atoms with Crippen LogP contribution >= 0.6 is 0 Å². The highest BCUT2D eigenvalue weighted by Crippen LogP contribution is 2.37. The molecule has 1 aromatic carbocycles. The maximum atomic E-state index is 5.62. The van der Waals surface area contributed by atoms with Crippen LogP contribution in [0.2, 0.25) is 0 Å². The molecule has 2 aliphatic rings. The fourth-order valence-electron chi connectivity index (χ4n) is 4.04. The van der Waals surface area contributed by atoms with E-state index in [1.165, 1.54) is 11.3 Å². The summed E-state index contributed by atoms with van der Waals surface area (Å²) in [7, 11) is 1.74. The Bertz CT molecular complexity index is 841. The van der Waals surface area contributed by atoms with Crippen molar-refractivity contribution in [3.05, 3.63) is 53.6 Å². The van der Waals surface area contributed by atoms with E-state index in [9.17, 15) is 0 Å². The van der Waals surface area contributed by atoms with Crippen LogP contribution in [0.15, 0.2) is 42.3 Å². The molecule has 0 bridgehead atoms. The van der Waals surface area contributed by atoms with Gasteiger partial charge in [-0.25, -0.2) is 9.97 Å². The third-order valence-corrected chi connectivity index (χ3v) is 5.53. The van der Waals surface area contributed by atoms with Gasteiger partial charge in [0, 0.05) is 43.8 Å². The third-order valence-electron chi connectivity index (χ3n) is 5.53. The van der Waals surface area contributed by atoms with Crippen molar-refractivity contribution in [2.75, 3.05) is 43.5 Å². The van der Waals surface area contributed by atoms with Crippen LogP contribution < -0.4 is 15.5 Å². The number of hydrogen-bond acceptors (Lipinski definition) is 6. The lowest BCUT2D eigenvalue weighted by Gasteiger charge is -2.29. The number of methoxy groups -OCH3 is 1. The molecule has 1 unspecified atom stereocenters. The number of nitrogens with zero attached hydrogens (tertiary/aromatic N) is 3. The number of anilines is 3. The third kappa shape index (κ3) is 3.83. The molecule has 6 heteroatoms. The normalized spacial score (nSPS) is 19.2. The van der Waals surface area contributed by atoms with Gasteiger partial charge in [-0.1, -0.05) is 13.8 Å². The predicted molar refractivity (Wildman–Crippen MR) is 113 cm³/mol. The molecule has 1 fully saturated rings. The zero-order valence-electron chi connectivity index (χ0n) is 16.9. The van der Waals surface area contributed by atoms with Crippen molar-refractivity contribution >= 4 is 17.3 Å². The summed E-state index contributed by atoms with van der Waals surface area (Å²) < 4.78 is 5.62. The number of fused-ring (bicyclic) bond motifs is 1. The minimum absolute atomic E-state index is 0.174.